The molecule has 0 unspecified atom stereocenters. The third kappa shape index (κ3) is 3.75. The van der Waals surface area contributed by atoms with Gasteiger partial charge in [-0.25, -0.2) is 0 Å². The van der Waals surface area contributed by atoms with Crippen molar-refractivity contribution in [2.75, 3.05) is 5.32 Å². The molecule has 0 spiro atoms. The number of rotatable bonds is 2. The van der Waals surface area contributed by atoms with Crippen LogP contribution in [0.2, 0.25) is 0 Å². The second kappa shape index (κ2) is 6.05. The van der Waals surface area contributed by atoms with Crippen LogP contribution in [0.25, 0.3) is 0 Å². The van der Waals surface area contributed by atoms with Crippen molar-refractivity contribution >= 4 is 34.2 Å². The highest BCUT2D eigenvalue weighted by atomic mass is 127. The first-order chi connectivity index (χ1) is 9.79. The lowest BCUT2D eigenvalue weighted by molar-refractivity contribution is -0.137. The molecule has 0 atom stereocenters. The lowest BCUT2D eigenvalue weighted by atomic mass is 10.1. The first-order valence-corrected chi connectivity index (χ1v) is 7.10. The molecule has 0 saturated carbocycles. The molecule has 2 rings (SSSR count). The molecular weight excluding hydrogens is 394 g/mol. The average molecular weight is 405 g/mol. The third-order valence-corrected chi connectivity index (χ3v) is 4.07. The molecule has 0 aliphatic carbocycles. The van der Waals surface area contributed by atoms with Gasteiger partial charge in [0.2, 0.25) is 0 Å². The number of halogens is 4. The van der Waals surface area contributed by atoms with Gasteiger partial charge in [-0.05, 0) is 59.3 Å². The van der Waals surface area contributed by atoms with Crippen LogP contribution < -0.4 is 5.32 Å². The van der Waals surface area contributed by atoms with E-state index in [4.69, 9.17) is 0 Å². The van der Waals surface area contributed by atoms with Gasteiger partial charge in [0, 0.05) is 9.26 Å². The maximum atomic E-state index is 12.9. The lowest BCUT2D eigenvalue weighted by Crippen LogP contribution is -2.18. The third-order valence-electron chi connectivity index (χ3n) is 2.91. The molecule has 0 bridgehead atoms. The summed E-state index contributed by atoms with van der Waals surface area (Å²) >= 11 is 2.10. The molecule has 6 heteroatoms. The number of aryl methyl sites for hydroxylation is 1. The van der Waals surface area contributed by atoms with Gasteiger partial charge in [0.15, 0.2) is 0 Å². The second-order valence-electron chi connectivity index (χ2n) is 4.46. The first kappa shape index (κ1) is 15.8. The Balaban J connectivity index is 2.31. The average Bonchev–Trinajstić information content (AvgIpc) is 2.42. The Morgan fingerprint density at radius 3 is 2.43 bits per heavy atom. The quantitative estimate of drug-likeness (QED) is 0.710. The van der Waals surface area contributed by atoms with E-state index in [0.29, 0.717) is 5.69 Å². The summed E-state index contributed by atoms with van der Waals surface area (Å²) in [5.74, 6) is -0.775. The van der Waals surface area contributed by atoms with Gasteiger partial charge >= 0.3 is 6.18 Å². The van der Waals surface area contributed by atoms with Crippen LogP contribution in [0.1, 0.15) is 21.5 Å². The van der Waals surface area contributed by atoms with Crippen molar-refractivity contribution in [3.8, 4) is 0 Å². The van der Waals surface area contributed by atoms with Gasteiger partial charge in [0.05, 0.1) is 11.1 Å². The number of nitrogens with one attached hydrogen (secondary N) is 1. The van der Waals surface area contributed by atoms with Gasteiger partial charge in [-0.2, -0.15) is 13.2 Å². The van der Waals surface area contributed by atoms with Gasteiger partial charge < -0.3 is 5.32 Å². The minimum Gasteiger partial charge on any atom is -0.322 e. The van der Waals surface area contributed by atoms with E-state index in [-0.39, 0.29) is 5.56 Å². The molecule has 0 radical (unpaired) electrons. The monoisotopic (exact) mass is 405 g/mol. The summed E-state index contributed by atoms with van der Waals surface area (Å²) in [5.41, 5.74) is 0.168. The van der Waals surface area contributed by atoms with Crippen molar-refractivity contribution in [3.63, 3.8) is 0 Å². The summed E-state index contributed by atoms with van der Waals surface area (Å²) in [6, 6.07) is 9.89. The number of carbonyl (C=O) groups is 1. The van der Waals surface area contributed by atoms with Crippen molar-refractivity contribution in [2.24, 2.45) is 0 Å². The fourth-order valence-corrected chi connectivity index (χ4v) is 2.31. The minimum absolute atomic E-state index is 0.388. The number of alkyl halides is 3. The zero-order valence-electron chi connectivity index (χ0n) is 11.0. The SMILES string of the molecule is Cc1ccc(NC(=O)c2ccccc2C(F)(F)F)cc1I. The molecule has 21 heavy (non-hydrogen) atoms. The predicted molar refractivity (Wildman–Crippen MR) is 83.3 cm³/mol. The standard InChI is InChI=1S/C15H11F3INO/c1-9-6-7-10(8-13(9)19)20-14(21)11-4-2-3-5-12(11)15(16,17)18/h2-8H,1H3,(H,20,21). The topological polar surface area (TPSA) is 29.1 Å². The van der Waals surface area contributed by atoms with E-state index in [9.17, 15) is 18.0 Å². The Morgan fingerprint density at radius 2 is 1.81 bits per heavy atom. The van der Waals surface area contributed by atoms with Crippen molar-refractivity contribution < 1.29 is 18.0 Å². The molecule has 1 amide bonds. The summed E-state index contributed by atoms with van der Waals surface area (Å²) in [7, 11) is 0. The number of hydrogen-bond donors (Lipinski definition) is 1. The zero-order valence-corrected chi connectivity index (χ0v) is 13.1. The van der Waals surface area contributed by atoms with Crippen LogP contribution in [-0.2, 0) is 6.18 Å². The number of amides is 1. The van der Waals surface area contributed by atoms with Crippen molar-refractivity contribution in [3.05, 3.63) is 62.7 Å². The van der Waals surface area contributed by atoms with Gasteiger partial charge in [-0.1, -0.05) is 18.2 Å². The Labute approximate surface area is 133 Å². The molecular formula is C15H11F3INO. The summed E-state index contributed by atoms with van der Waals surface area (Å²) in [6.07, 6.45) is -4.56. The second-order valence-corrected chi connectivity index (χ2v) is 5.62. The van der Waals surface area contributed by atoms with Crippen molar-refractivity contribution in [1.82, 2.24) is 0 Å². The summed E-state index contributed by atoms with van der Waals surface area (Å²) in [6.45, 7) is 1.91. The van der Waals surface area contributed by atoms with Crippen LogP contribution in [0.3, 0.4) is 0 Å². The molecule has 0 heterocycles. The summed E-state index contributed by atoms with van der Waals surface area (Å²) in [5, 5.41) is 2.50. The van der Waals surface area contributed by atoms with Gasteiger partial charge in [0.25, 0.3) is 5.91 Å². The maximum Gasteiger partial charge on any atom is 0.417 e. The predicted octanol–water partition coefficient (Wildman–Crippen LogP) is 4.87. The number of hydrogen-bond acceptors (Lipinski definition) is 1. The normalized spacial score (nSPS) is 11.3. The molecule has 110 valence electrons. The summed E-state index contributed by atoms with van der Waals surface area (Å²) in [4.78, 5) is 12.1. The fraction of sp³-hybridized carbons (Fsp3) is 0.133. The molecule has 0 aliphatic heterocycles. The van der Waals surface area contributed by atoms with Crippen LogP contribution >= 0.6 is 22.6 Å². The van der Waals surface area contributed by atoms with Crippen LogP contribution in [0.5, 0.6) is 0 Å². The molecule has 0 aromatic heterocycles. The Bertz CT molecular complexity index is 683. The number of anilines is 1. The Morgan fingerprint density at radius 1 is 1.14 bits per heavy atom. The highest BCUT2D eigenvalue weighted by Crippen LogP contribution is 2.32. The molecule has 2 aromatic carbocycles. The molecule has 1 N–H and O–H groups in total. The largest absolute Gasteiger partial charge is 0.417 e. The Hall–Kier alpha value is -1.57. The zero-order chi connectivity index (χ0) is 15.6. The van der Waals surface area contributed by atoms with E-state index in [1.807, 2.05) is 6.92 Å². The van der Waals surface area contributed by atoms with Crippen LogP contribution in [0.15, 0.2) is 42.5 Å². The van der Waals surface area contributed by atoms with Crippen molar-refractivity contribution in [1.29, 1.82) is 0 Å². The van der Waals surface area contributed by atoms with Crippen LogP contribution in [0.4, 0.5) is 18.9 Å². The van der Waals surface area contributed by atoms with Gasteiger partial charge in [-0.3, -0.25) is 4.79 Å². The van der Waals surface area contributed by atoms with E-state index in [1.165, 1.54) is 12.1 Å². The molecule has 0 saturated heterocycles. The molecule has 2 aromatic rings. The smallest absolute Gasteiger partial charge is 0.322 e. The molecule has 0 aliphatic rings. The van der Waals surface area contributed by atoms with E-state index in [0.717, 1.165) is 21.3 Å². The number of benzene rings is 2. The Kier molecular flexibility index (Phi) is 4.55. The highest BCUT2D eigenvalue weighted by molar-refractivity contribution is 14.1. The van der Waals surface area contributed by atoms with E-state index in [2.05, 4.69) is 27.9 Å². The van der Waals surface area contributed by atoms with E-state index in [1.54, 1.807) is 18.2 Å². The van der Waals surface area contributed by atoms with Crippen molar-refractivity contribution in [2.45, 2.75) is 13.1 Å². The lowest BCUT2D eigenvalue weighted by Gasteiger charge is -2.13. The van der Waals surface area contributed by atoms with E-state index >= 15 is 0 Å². The van der Waals surface area contributed by atoms with E-state index < -0.39 is 17.6 Å². The number of carbonyl (C=O) groups excluding carboxylic acids is 1. The maximum absolute atomic E-state index is 12.9. The highest BCUT2D eigenvalue weighted by Gasteiger charge is 2.34. The van der Waals surface area contributed by atoms with Crippen LogP contribution in [-0.4, -0.2) is 5.91 Å². The molecule has 2 nitrogen and oxygen atoms in total. The van der Waals surface area contributed by atoms with Gasteiger partial charge in [-0.15, -0.1) is 0 Å². The summed E-state index contributed by atoms with van der Waals surface area (Å²) < 4.78 is 39.6. The van der Waals surface area contributed by atoms with Gasteiger partial charge in [0.1, 0.15) is 0 Å². The van der Waals surface area contributed by atoms with Crippen LogP contribution in [0, 0.1) is 10.5 Å². The first-order valence-electron chi connectivity index (χ1n) is 6.03. The minimum atomic E-state index is -4.56. The fourth-order valence-electron chi connectivity index (χ4n) is 1.80. The molecule has 0 fully saturated rings.